The number of carboxylic acid groups (broad SMARTS) is 2. The van der Waals surface area contributed by atoms with Crippen LogP contribution in [0.5, 0.6) is 0 Å². The molecule has 2 N–H and O–H groups in total. The summed E-state index contributed by atoms with van der Waals surface area (Å²) in [6.45, 7) is 0.769. The molecule has 0 bridgehead atoms. The van der Waals surface area contributed by atoms with Gasteiger partial charge in [0.2, 0.25) is 0 Å². The number of aliphatic carboxylic acids is 1. The number of aromatic carboxylic acids is 1. The number of ether oxygens (including phenoxy) is 1. The zero-order valence-electron chi connectivity index (χ0n) is 15.6. The van der Waals surface area contributed by atoms with Crippen molar-refractivity contribution in [2.45, 2.75) is 38.7 Å². The van der Waals surface area contributed by atoms with Crippen LogP contribution in [0.1, 0.15) is 47.2 Å². The molecule has 0 saturated heterocycles. The summed E-state index contributed by atoms with van der Waals surface area (Å²) in [6, 6.07) is 13.0. The standard InChI is InChI=1S/C22H25FO5/c23-20-6-3-5-18(13-20)15-28-14-17(4-1-2-7-21(24)25)12-16-8-10-19(11-9-16)22(26)27/h3,5-6,8-11,13,17H,1-2,4,7,12,14-15H2,(H,24,25)(H,26,27). The Balaban J connectivity index is 1.91. The number of carboxylic acids is 2. The van der Waals surface area contributed by atoms with Gasteiger partial charge in [-0.05, 0) is 60.6 Å². The molecular weight excluding hydrogens is 363 g/mol. The maximum Gasteiger partial charge on any atom is 0.335 e. The van der Waals surface area contributed by atoms with E-state index in [4.69, 9.17) is 14.9 Å². The van der Waals surface area contributed by atoms with Crippen molar-refractivity contribution in [3.05, 3.63) is 71.0 Å². The van der Waals surface area contributed by atoms with Crippen LogP contribution in [0.25, 0.3) is 0 Å². The fourth-order valence-electron chi connectivity index (χ4n) is 3.04. The van der Waals surface area contributed by atoms with Gasteiger partial charge in [-0.25, -0.2) is 9.18 Å². The van der Waals surface area contributed by atoms with Crippen molar-refractivity contribution in [3.8, 4) is 0 Å². The summed E-state index contributed by atoms with van der Waals surface area (Å²) in [5, 5.41) is 17.8. The van der Waals surface area contributed by atoms with Gasteiger partial charge < -0.3 is 14.9 Å². The molecule has 0 aliphatic heterocycles. The van der Waals surface area contributed by atoms with E-state index in [1.54, 1.807) is 36.4 Å². The molecule has 0 spiro atoms. The Hall–Kier alpha value is -2.73. The highest BCUT2D eigenvalue weighted by Gasteiger charge is 2.12. The van der Waals surface area contributed by atoms with Crippen molar-refractivity contribution in [2.24, 2.45) is 5.92 Å². The first-order valence-electron chi connectivity index (χ1n) is 9.30. The van der Waals surface area contributed by atoms with Gasteiger partial charge in [0.15, 0.2) is 0 Å². The van der Waals surface area contributed by atoms with Crippen LogP contribution in [0.2, 0.25) is 0 Å². The third kappa shape index (κ3) is 7.88. The van der Waals surface area contributed by atoms with E-state index < -0.39 is 11.9 Å². The molecular formula is C22H25FO5. The number of benzene rings is 2. The second-order valence-electron chi connectivity index (χ2n) is 6.86. The summed E-state index contributed by atoms with van der Waals surface area (Å²) in [4.78, 5) is 21.6. The van der Waals surface area contributed by atoms with Gasteiger partial charge in [-0.2, -0.15) is 0 Å². The van der Waals surface area contributed by atoms with Crippen LogP contribution < -0.4 is 0 Å². The smallest absolute Gasteiger partial charge is 0.335 e. The average molecular weight is 388 g/mol. The highest BCUT2D eigenvalue weighted by molar-refractivity contribution is 5.87. The van der Waals surface area contributed by atoms with Crippen molar-refractivity contribution in [3.63, 3.8) is 0 Å². The molecule has 1 atom stereocenters. The first-order chi connectivity index (χ1) is 13.4. The molecule has 150 valence electrons. The van der Waals surface area contributed by atoms with Crippen molar-refractivity contribution < 1.29 is 28.9 Å². The predicted octanol–water partition coefficient (Wildman–Crippen LogP) is 4.54. The molecule has 0 radical (unpaired) electrons. The minimum Gasteiger partial charge on any atom is -0.481 e. The molecule has 0 fully saturated rings. The summed E-state index contributed by atoms with van der Waals surface area (Å²) < 4.78 is 19.0. The van der Waals surface area contributed by atoms with Gasteiger partial charge in [-0.15, -0.1) is 0 Å². The van der Waals surface area contributed by atoms with Crippen LogP contribution in [-0.4, -0.2) is 28.8 Å². The average Bonchev–Trinajstić information content (AvgIpc) is 2.65. The Labute approximate surface area is 163 Å². The number of rotatable bonds is 12. The van der Waals surface area contributed by atoms with Crippen molar-refractivity contribution in [1.29, 1.82) is 0 Å². The SMILES string of the molecule is O=C(O)CCCCC(COCc1cccc(F)c1)Cc1ccc(C(=O)O)cc1. The Morgan fingerprint density at radius 3 is 2.39 bits per heavy atom. The molecule has 2 aromatic carbocycles. The number of unbranched alkanes of at least 4 members (excludes halogenated alkanes) is 1. The van der Waals surface area contributed by atoms with Gasteiger partial charge in [0.05, 0.1) is 18.8 Å². The van der Waals surface area contributed by atoms with Crippen molar-refractivity contribution >= 4 is 11.9 Å². The fraction of sp³-hybridized carbons (Fsp3) is 0.364. The van der Waals surface area contributed by atoms with Gasteiger partial charge in [0, 0.05) is 6.42 Å². The Kier molecular flexibility index (Phi) is 8.62. The van der Waals surface area contributed by atoms with E-state index in [1.165, 1.54) is 12.1 Å². The molecule has 0 saturated carbocycles. The largest absolute Gasteiger partial charge is 0.481 e. The number of halogens is 1. The lowest BCUT2D eigenvalue weighted by Crippen LogP contribution is -2.13. The van der Waals surface area contributed by atoms with Crippen LogP contribution in [0.4, 0.5) is 4.39 Å². The molecule has 28 heavy (non-hydrogen) atoms. The van der Waals surface area contributed by atoms with E-state index in [2.05, 4.69) is 0 Å². The monoisotopic (exact) mass is 388 g/mol. The van der Waals surface area contributed by atoms with E-state index >= 15 is 0 Å². The van der Waals surface area contributed by atoms with Crippen LogP contribution in [0.3, 0.4) is 0 Å². The van der Waals surface area contributed by atoms with Gasteiger partial charge in [-0.3, -0.25) is 4.79 Å². The maximum atomic E-state index is 13.3. The first kappa shape index (κ1) is 21.6. The normalized spacial score (nSPS) is 11.9. The summed E-state index contributed by atoms with van der Waals surface area (Å²) in [6.07, 6.45) is 3.03. The van der Waals surface area contributed by atoms with E-state index in [1.807, 2.05) is 0 Å². The lowest BCUT2D eigenvalue weighted by Gasteiger charge is -2.17. The van der Waals surface area contributed by atoms with Gasteiger partial charge in [0.1, 0.15) is 5.82 Å². The Bertz CT molecular complexity index is 773. The van der Waals surface area contributed by atoms with E-state index in [0.717, 1.165) is 24.0 Å². The number of carbonyl (C=O) groups is 2. The Morgan fingerprint density at radius 1 is 1.00 bits per heavy atom. The topological polar surface area (TPSA) is 83.8 Å². The summed E-state index contributed by atoms with van der Waals surface area (Å²) in [5.74, 6) is -1.90. The van der Waals surface area contributed by atoms with Crippen molar-refractivity contribution in [2.75, 3.05) is 6.61 Å². The van der Waals surface area contributed by atoms with Gasteiger partial charge in [-0.1, -0.05) is 30.7 Å². The third-order valence-corrected chi connectivity index (χ3v) is 4.49. The Morgan fingerprint density at radius 2 is 1.75 bits per heavy atom. The minimum atomic E-state index is -0.963. The van der Waals surface area contributed by atoms with E-state index in [9.17, 15) is 14.0 Å². The first-order valence-corrected chi connectivity index (χ1v) is 9.30. The summed E-state index contributed by atoms with van der Waals surface area (Å²) in [5.41, 5.74) is 2.00. The summed E-state index contributed by atoms with van der Waals surface area (Å²) >= 11 is 0. The molecule has 0 aromatic heterocycles. The van der Waals surface area contributed by atoms with Gasteiger partial charge >= 0.3 is 11.9 Å². The second kappa shape index (κ2) is 11.2. The van der Waals surface area contributed by atoms with Crippen LogP contribution in [-0.2, 0) is 22.6 Å². The highest BCUT2D eigenvalue weighted by atomic mass is 19.1. The van der Waals surface area contributed by atoms with E-state index in [0.29, 0.717) is 26.1 Å². The third-order valence-electron chi connectivity index (χ3n) is 4.49. The number of hydrogen-bond acceptors (Lipinski definition) is 3. The molecule has 6 heteroatoms. The molecule has 0 aliphatic carbocycles. The lowest BCUT2D eigenvalue weighted by atomic mass is 9.94. The fourth-order valence-corrected chi connectivity index (χ4v) is 3.04. The molecule has 0 heterocycles. The highest BCUT2D eigenvalue weighted by Crippen LogP contribution is 2.18. The number of hydrogen-bond donors (Lipinski definition) is 2. The van der Waals surface area contributed by atoms with Crippen LogP contribution in [0, 0.1) is 11.7 Å². The van der Waals surface area contributed by atoms with Crippen LogP contribution >= 0.6 is 0 Å². The zero-order valence-corrected chi connectivity index (χ0v) is 15.6. The molecule has 0 aliphatic rings. The predicted molar refractivity (Wildman–Crippen MR) is 103 cm³/mol. The molecule has 2 rings (SSSR count). The van der Waals surface area contributed by atoms with E-state index in [-0.39, 0.29) is 23.7 Å². The van der Waals surface area contributed by atoms with Crippen molar-refractivity contribution in [1.82, 2.24) is 0 Å². The molecule has 5 nitrogen and oxygen atoms in total. The minimum absolute atomic E-state index is 0.143. The zero-order chi connectivity index (χ0) is 20.4. The summed E-state index contributed by atoms with van der Waals surface area (Å²) in [7, 11) is 0. The quantitative estimate of drug-likeness (QED) is 0.521. The van der Waals surface area contributed by atoms with Gasteiger partial charge in [0.25, 0.3) is 0 Å². The molecule has 0 amide bonds. The van der Waals surface area contributed by atoms with Crippen LogP contribution in [0.15, 0.2) is 48.5 Å². The lowest BCUT2D eigenvalue weighted by molar-refractivity contribution is -0.137. The second-order valence-corrected chi connectivity index (χ2v) is 6.86. The molecule has 1 unspecified atom stereocenters. The molecule has 2 aromatic rings. The maximum absolute atomic E-state index is 13.3.